The summed E-state index contributed by atoms with van der Waals surface area (Å²) >= 11 is 2.12. The van der Waals surface area contributed by atoms with Gasteiger partial charge in [-0.25, -0.2) is 25.6 Å². The normalized spacial score (nSPS) is 21.7. The van der Waals surface area contributed by atoms with E-state index in [2.05, 4.69) is 14.9 Å². The maximum absolute atomic E-state index is 13.4. The Morgan fingerprint density at radius 1 is 1.24 bits per heavy atom. The van der Waals surface area contributed by atoms with Crippen molar-refractivity contribution in [2.45, 2.75) is 62.0 Å². The highest BCUT2D eigenvalue weighted by atomic mass is 32.2. The monoisotopic (exact) mass is 601 g/mol. The Bertz CT molecular complexity index is 1680. The van der Waals surface area contributed by atoms with Crippen LogP contribution in [-0.2, 0) is 20.0 Å². The fourth-order valence-electron chi connectivity index (χ4n) is 4.54. The molecular weight excluding hydrogens is 577 g/mol. The van der Waals surface area contributed by atoms with E-state index in [-0.39, 0.29) is 24.5 Å². The lowest BCUT2D eigenvalue weighted by Crippen LogP contribution is -2.45. The molecule has 2 aromatic heterocycles. The van der Waals surface area contributed by atoms with E-state index < -0.39 is 47.5 Å². The van der Waals surface area contributed by atoms with Gasteiger partial charge in [0.1, 0.15) is 10.5 Å². The first-order chi connectivity index (χ1) is 17.9. The summed E-state index contributed by atoms with van der Waals surface area (Å²) in [5.41, 5.74) is 1.06. The zero-order chi connectivity index (χ0) is 27.5. The first kappa shape index (κ1) is 27.5. The lowest BCUT2D eigenvalue weighted by molar-refractivity contribution is 0.150. The predicted octanol–water partition coefficient (Wildman–Crippen LogP) is 2.25. The second-order valence-corrected chi connectivity index (χ2v) is 16.1. The first-order valence-corrected chi connectivity index (χ1v) is 16.7. The van der Waals surface area contributed by atoms with Gasteiger partial charge < -0.3 is 0 Å². The summed E-state index contributed by atoms with van der Waals surface area (Å²) in [6, 6.07) is 2.04. The summed E-state index contributed by atoms with van der Waals surface area (Å²) in [4.78, 5) is 0. The Morgan fingerprint density at radius 2 is 1.97 bits per heavy atom. The van der Waals surface area contributed by atoms with Crippen LogP contribution in [-0.4, -0.2) is 60.5 Å². The van der Waals surface area contributed by atoms with Gasteiger partial charge in [0.05, 0.1) is 16.6 Å². The molecular formula is C23H25F2N5O4S4. The van der Waals surface area contributed by atoms with E-state index in [1.54, 1.807) is 25.3 Å². The molecule has 0 amide bonds. The summed E-state index contributed by atoms with van der Waals surface area (Å²) in [6.45, 7) is 3.71. The zero-order valence-electron chi connectivity index (χ0n) is 20.5. The second kappa shape index (κ2) is 9.83. The number of nitriles is 1. The minimum Gasteiger partial charge on any atom is -0.212 e. The molecule has 1 fully saturated rings. The van der Waals surface area contributed by atoms with Crippen LogP contribution in [0.5, 0.6) is 0 Å². The molecule has 2 aliphatic carbocycles. The Morgan fingerprint density at radius 3 is 2.53 bits per heavy atom. The molecule has 3 heterocycles. The van der Waals surface area contributed by atoms with Gasteiger partial charge in [0.2, 0.25) is 20.0 Å². The zero-order valence-corrected chi connectivity index (χ0v) is 23.8. The number of hydrogen-bond acceptors (Lipinski definition) is 9. The van der Waals surface area contributed by atoms with Crippen LogP contribution in [0.15, 0.2) is 17.0 Å². The molecule has 3 aliphatic rings. The highest BCUT2D eigenvalue weighted by Crippen LogP contribution is 2.37. The van der Waals surface area contributed by atoms with Gasteiger partial charge in [-0.15, -0.1) is 21.5 Å². The van der Waals surface area contributed by atoms with Crippen LogP contribution >= 0.6 is 22.7 Å². The van der Waals surface area contributed by atoms with Crippen molar-refractivity contribution in [1.29, 1.82) is 5.26 Å². The molecule has 1 unspecified atom stereocenters. The van der Waals surface area contributed by atoms with Crippen molar-refractivity contribution in [3.63, 3.8) is 0 Å². The van der Waals surface area contributed by atoms with Crippen LogP contribution in [0.25, 0.3) is 22.2 Å². The topological polar surface area (TPSA) is 133 Å². The number of nitrogens with zero attached hydrogens (tertiary/aromatic N) is 4. The average molecular weight is 602 g/mol. The summed E-state index contributed by atoms with van der Waals surface area (Å²) in [5.74, 6) is 0. The maximum Gasteiger partial charge on any atom is 0.291 e. The Labute approximate surface area is 227 Å². The van der Waals surface area contributed by atoms with Gasteiger partial charge in [0.15, 0.2) is 5.01 Å². The van der Waals surface area contributed by atoms with Crippen molar-refractivity contribution in [3.8, 4) is 16.6 Å². The van der Waals surface area contributed by atoms with Crippen LogP contribution < -0.4 is 14.5 Å². The number of thiophene rings is 1. The third kappa shape index (κ3) is 4.98. The SMILES string of the molecule is CC(C)S(=O)(=O)N1CC=C(C2=c3scc(-c4nnc(C(F)F)s4)c3=CC(S(=O)(=O)NC3(C#N)CC3)C2)CC1. The number of halogens is 2. The van der Waals surface area contributed by atoms with Gasteiger partial charge in [-0.1, -0.05) is 23.5 Å². The average Bonchev–Trinajstić information content (AvgIpc) is 3.27. The number of nitrogens with one attached hydrogen (secondary N) is 1. The lowest BCUT2D eigenvalue weighted by atomic mass is 9.93. The molecule has 1 N–H and O–H groups in total. The molecule has 9 nitrogen and oxygen atoms in total. The standard InChI is InChI=1S/C23H25F2N5O4S4/c1-13(2)38(33,34)30-7-3-14(4-8-30)16-9-15(37(31,32)29-23(12-26)5-6-23)10-17-18(11-35-19(16)17)21-27-28-22(36-21)20(24)25/h3,10-11,13,15,20,29H,4-9H2,1-2H3. The number of aromatic nitrogens is 2. The highest BCUT2D eigenvalue weighted by molar-refractivity contribution is 7.90. The molecule has 0 saturated heterocycles. The molecule has 2 aromatic rings. The van der Waals surface area contributed by atoms with Crippen molar-refractivity contribution in [3.05, 3.63) is 31.8 Å². The molecule has 0 bridgehead atoms. The highest BCUT2D eigenvalue weighted by Gasteiger charge is 2.48. The van der Waals surface area contributed by atoms with Crippen LogP contribution in [0, 0.1) is 11.3 Å². The lowest BCUT2D eigenvalue weighted by Gasteiger charge is -2.29. The van der Waals surface area contributed by atoms with Crippen molar-refractivity contribution in [1.82, 2.24) is 19.2 Å². The van der Waals surface area contributed by atoms with Crippen molar-refractivity contribution < 1.29 is 25.6 Å². The largest absolute Gasteiger partial charge is 0.291 e. The van der Waals surface area contributed by atoms with Crippen LogP contribution in [0.2, 0.25) is 0 Å². The van der Waals surface area contributed by atoms with E-state index in [4.69, 9.17) is 0 Å². The summed E-state index contributed by atoms with van der Waals surface area (Å²) in [7, 11) is -7.40. The van der Waals surface area contributed by atoms with E-state index in [9.17, 15) is 30.9 Å². The number of alkyl halides is 2. The third-order valence-electron chi connectivity index (χ3n) is 6.93. The van der Waals surface area contributed by atoms with Crippen LogP contribution in [0.3, 0.4) is 0 Å². The van der Waals surface area contributed by atoms with E-state index in [1.807, 2.05) is 12.1 Å². The number of sulfonamides is 2. The summed E-state index contributed by atoms with van der Waals surface area (Å²) in [6.07, 6.45) is 2.08. The number of hydrogen-bond donors (Lipinski definition) is 1. The number of fused-ring (bicyclic) bond motifs is 1. The molecule has 204 valence electrons. The molecule has 0 spiro atoms. The fourth-order valence-corrected chi connectivity index (χ4v) is 9.35. The van der Waals surface area contributed by atoms with Gasteiger partial charge in [0.25, 0.3) is 6.43 Å². The van der Waals surface area contributed by atoms with Crippen LogP contribution in [0.1, 0.15) is 51.0 Å². The van der Waals surface area contributed by atoms with E-state index in [0.29, 0.717) is 30.0 Å². The Kier molecular flexibility index (Phi) is 7.11. The van der Waals surface area contributed by atoms with Gasteiger partial charge >= 0.3 is 0 Å². The first-order valence-electron chi connectivity index (χ1n) is 11.9. The third-order valence-corrected chi connectivity index (χ3v) is 13.0. The van der Waals surface area contributed by atoms with Crippen molar-refractivity contribution in [2.75, 3.05) is 13.1 Å². The molecule has 1 saturated carbocycles. The minimum atomic E-state index is -3.97. The van der Waals surface area contributed by atoms with E-state index in [0.717, 1.165) is 27.0 Å². The Hall–Kier alpha value is -2.09. The van der Waals surface area contributed by atoms with Gasteiger partial charge in [-0.3, -0.25) is 0 Å². The molecule has 15 heteroatoms. The quantitative estimate of drug-likeness (QED) is 0.491. The maximum atomic E-state index is 13.4. The molecule has 38 heavy (non-hydrogen) atoms. The van der Waals surface area contributed by atoms with Crippen molar-refractivity contribution in [2.24, 2.45) is 0 Å². The molecule has 0 radical (unpaired) electrons. The smallest absolute Gasteiger partial charge is 0.212 e. The van der Waals surface area contributed by atoms with E-state index in [1.165, 1.54) is 15.6 Å². The molecule has 1 atom stereocenters. The fraction of sp³-hybridized carbons (Fsp3) is 0.522. The number of rotatable bonds is 8. The summed E-state index contributed by atoms with van der Waals surface area (Å²) in [5, 5.41) is 17.5. The molecule has 5 rings (SSSR count). The molecule has 0 aromatic carbocycles. The molecule has 1 aliphatic heterocycles. The van der Waals surface area contributed by atoms with E-state index >= 15 is 0 Å². The Balaban J connectivity index is 1.59. The predicted molar refractivity (Wildman–Crippen MR) is 142 cm³/mol. The second-order valence-electron chi connectivity index (χ2n) is 9.80. The van der Waals surface area contributed by atoms with Gasteiger partial charge in [0, 0.05) is 33.8 Å². The van der Waals surface area contributed by atoms with Gasteiger partial charge in [-0.05, 0) is 50.7 Å². The summed E-state index contributed by atoms with van der Waals surface area (Å²) < 4.78 is 83.3. The van der Waals surface area contributed by atoms with Gasteiger partial charge in [-0.2, -0.15) is 14.3 Å². The van der Waals surface area contributed by atoms with Crippen LogP contribution in [0.4, 0.5) is 8.78 Å². The minimum absolute atomic E-state index is 0.144. The van der Waals surface area contributed by atoms with Crippen molar-refractivity contribution >= 4 is 54.4 Å².